The van der Waals surface area contributed by atoms with E-state index in [1.807, 2.05) is 18.2 Å². The third-order valence-electron chi connectivity index (χ3n) is 3.46. The number of H-pyrrole nitrogens is 1. The van der Waals surface area contributed by atoms with Gasteiger partial charge in [0.25, 0.3) is 0 Å². The highest BCUT2D eigenvalue weighted by atomic mass is 16.5. The molecule has 0 bridgehead atoms. The Morgan fingerprint density at radius 1 is 1.41 bits per heavy atom. The molecule has 2 heterocycles. The summed E-state index contributed by atoms with van der Waals surface area (Å²) in [5.74, 6) is -0.179. The van der Waals surface area contributed by atoms with Gasteiger partial charge < -0.3 is 9.84 Å². The lowest BCUT2D eigenvalue weighted by Gasteiger charge is -2.06. The number of hydrogen-bond donors (Lipinski definition) is 2. The Morgan fingerprint density at radius 3 is 3.00 bits per heavy atom. The zero-order valence-corrected chi connectivity index (χ0v) is 12.0. The van der Waals surface area contributed by atoms with E-state index in [0.29, 0.717) is 24.4 Å². The number of fused-ring (bicyclic) bond motifs is 2. The van der Waals surface area contributed by atoms with Crippen molar-refractivity contribution in [2.45, 2.75) is 12.8 Å². The van der Waals surface area contributed by atoms with E-state index in [2.05, 4.69) is 9.97 Å². The Kier molecular flexibility index (Phi) is 3.54. The summed E-state index contributed by atoms with van der Waals surface area (Å²) >= 11 is 0. The average Bonchev–Trinajstić information content (AvgIpc) is 2.76. The van der Waals surface area contributed by atoms with Crippen LogP contribution in [-0.4, -0.2) is 32.2 Å². The molecular formula is C15H15N3O4. The van der Waals surface area contributed by atoms with Crippen LogP contribution in [0.1, 0.15) is 12.8 Å². The molecule has 0 spiro atoms. The van der Waals surface area contributed by atoms with E-state index in [0.717, 1.165) is 16.4 Å². The number of pyridine rings is 1. The Labute approximate surface area is 125 Å². The number of carbonyl (C=O) groups is 1. The van der Waals surface area contributed by atoms with Crippen LogP contribution in [0.2, 0.25) is 0 Å². The Hall–Kier alpha value is -2.83. The molecule has 7 heteroatoms. The molecule has 0 amide bonds. The third-order valence-corrected chi connectivity index (χ3v) is 3.46. The van der Waals surface area contributed by atoms with Gasteiger partial charge in [-0.15, -0.1) is 0 Å². The Morgan fingerprint density at radius 2 is 2.23 bits per heavy atom. The van der Waals surface area contributed by atoms with Crippen molar-refractivity contribution in [2.24, 2.45) is 7.05 Å². The number of imidazole rings is 1. The lowest BCUT2D eigenvalue weighted by molar-refractivity contribution is -0.137. The molecule has 0 saturated carbocycles. The minimum Gasteiger partial charge on any atom is -0.494 e. The molecule has 1 aromatic carbocycles. The van der Waals surface area contributed by atoms with E-state index >= 15 is 0 Å². The number of rotatable bonds is 5. The molecule has 3 aromatic rings. The van der Waals surface area contributed by atoms with Crippen LogP contribution in [0.25, 0.3) is 22.1 Å². The minimum atomic E-state index is -0.831. The lowest BCUT2D eigenvalue weighted by Crippen LogP contribution is -2.11. The van der Waals surface area contributed by atoms with Gasteiger partial charge in [-0.1, -0.05) is 0 Å². The number of benzene rings is 1. The molecule has 0 atom stereocenters. The molecule has 2 aromatic heterocycles. The van der Waals surface area contributed by atoms with Crippen molar-refractivity contribution in [3.05, 3.63) is 34.7 Å². The molecule has 0 fully saturated rings. The third kappa shape index (κ3) is 2.65. The molecule has 0 aliphatic rings. The molecule has 114 valence electrons. The monoisotopic (exact) mass is 301 g/mol. The second-order valence-corrected chi connectivity index (χ2v) is 5.05. The summed E-state index contributed by atoms with van der Waals surface area (Å²) < 4.78 is 7.05. The van der Waals surface area contributed by atoms with Crippen LogP contribution in [-0.2, 0) is 11.8 Å². The van der Waals surface area contributed by atoms with Crippen molar-refractivity contribution < 1.29 is 14.6 Å². The van der Waals surface area contributed by atoms with Crippen LogP contribution in [0.15, 0.2) is 29.1 Å². The molecule has 0 radical (unpaired) electrons. The van der Waals surface area contributed by atoms with Crippen molar-refractivity contribution in [3.63, 3.8) is 0 Å². The first-order chi connectivity index (χ1) is 10.5. The molecule has 0 aliphatic heterocycles. The second kappa shape index (κ2) is 5.51. The van der Waals surface area contributed by atoms with Gasteiger partial charge in [0.05, 0.1) is 17.6 Å². The number of nitrogens with one attached hydrogen (secondary N) is 1. The van der Waals surface area contributed by atoms with E-state index in [-0.39, 0.29) is 12.1 Å². The van der Waals surface area contributed by atoms with Crippen molar-refractivity contribution in [1.82, 2.24) is 14.5 Å². The summed E-state index contributed by atoms with van der Waals surface area (Å²) in [5, 5.41) is 9.45. The van der Waals surface area contributed by atoms with Crippen molar-refractivity contribution >= 4 is 28.0 Å². The smallest absolute Gasteiger partial charge is 0.327 e. The van der Waals surface area contributed by atoms with Crippen LogP contribution < -0.4 is 10.4 Å². The van der Waals surface area contributed by atoms with Gasteiger partial charge in [0.15, 0.2) is 5.65 Å². The van der Waals surface area contributed by atoms with Crippen LogP contribution in [0.4, 0.5) is 0 Å². The highest BCUT2D eigenvalue weighted by Gasteiger charge is 2.07. The number of ether oxygens (including phenoxy) is 1. The van der Waals surface area contributed by atoms with Crippen molar-refractivity contribution in [2.75, 3.05) is 6.61 Å². The van der Waals surface area contributed by atoms with Crippen LogP contribution in [0, 0.1) is 0 Å². The summed E-state index contributed by atoms with van der Waals surface area (Å²) in [5.41, 5.74) is 1.82. The molecule has 3 rings (SSSR count). The number of hydrogen-bond acceptors (Lipinski definition) is 4. The Balaban J connectivity index is 1.88. The molecular weight excluding hydrogens is 286 g/mol. The van der Waals surface area contributed by atoms with E-state index in [4.69, 9.17) is 9.84 Å². The highest BCUT2D eigenvalue weighted by Crippen LogP contribution is 2.22. The van der Waals surface area contributed by atoms with Gasteiger partial charge in [-0.2, -0.15) is 0 Å². The zero-order valence-electron chi connectivity index (χ0n) is 12.0. The van der Waals surface area contributed by atoms with Crippen LogP contribution >= 0.6 is 0 Å². The fourth-order valence-corrected chi connectivity index (χ4v) is 2.29. The maximum Gasteiger partial charge on any atom is 0.327 e. The van der Waals surface area contributed by atoms with Crippen molar-refractivity contribution in [1.29, 1.82) is 0 Å². The summed E-state index contributed by atoms with van der Waals surface area (Å²) in [4.78, 5) is 29.2. The maximum atomic E-state index is 11.6. The van der Waals surface area contributed by atoms with E-state index in [1.54, 1.807) is 13.1 Å². The van der Waals surface area contributed by atoms with Gasteiger partial charge in [0.1, 0.15) is 5.75 Å². The summed E-state index contributed by atoms with van der Waals surface area (Å²) in [6.45, 7) is 0.343. The number of carboxylic acid groups (broad SMARTS) is 1. The number of aromatic amines is 1. The van der Waals surface area contributed by atoms with Gasteiger partial charge in [-0.3, -0.25) is 14.3 Å². The quantitative estimate of drug-likeness (QED) is 0.698. The number of aryl methyl sites for hydroxylation is 1. The normalized spacial score (nSPS) is 11.1. The fraction of sp³-hybridized carbons (Fsp3) is 0.267. The van der Waals surface area contributed by atoms with Crippen molar-refractivity contribution in [3.8, 4) is 5.75 Å². The standard InChI is InChI=1S/C15H15N3O4/c1-18-12-8-9-7-10(22-6-2-3-13(19)20)4-5-11(9)16-14(12)17-15(18)21/h4-5,7-8H,2-3,6H2,1H3,(H,19,20)(H,16,17,21). The maximum absolute atomic E-state index is 11.6. The summed E-state index contributed by atoms with van der Waals surface area (Å²) in [7, 11) is 1.68. The fourth-order valence-electron chi connectivity index (χ4n) is 2.29. The van der Waals surface area contributed by atoms with Gasteiger partial charge in [0.2, 0.25) is 0 Å². The van der Waals surface area contributed by atoms with Gasteiger partial charge in [0, 0.05) is 18.9 Å². The van der Waals surface area contributed by atoms with E-state index in [1.165, 1.54) is 4.57 Å². The largest absolute Gasteiger partial charge is 0.494 e. The van der Waals surface area contributed by atoms with Crippen LogP contribution in [0.3, 0.4) is 0 Å². The molecule has 0 unspecified atom stereocenters. The average molecular weight is 301 g/mol. The number of aromatic nitrogens is 3. The first-order valence-electron chi connectivity index (χ1n) is 6.89. The SMILES string of the molecule is Cn1c(=O)[nH]c2nc3ccc(OCCCC(=O)O)cc3cc21. The number of nitrogens with zero attached hydrogens (tertiary/aromatic N) is 2. The predicted molar refractivity (Wildman–Crippen MR) is 81.2 cm³/mol. The van der Waals surface area contributed by atoms with E-state index in [9.17, 15) is 9.59 Å². The first-order valence-corrected chi connectivity index (χ1v) is 6.89. The number of carboxylic acids is 1. The first kappa shape index (κ1) is 14.1. The molecule has 0 saturated heterocycles. The van der Waals surface area contributed by atoms with Gasteiger partial charge in [-0.05, 0) is 30.7 Å². The Bertz CT molecular complexity index is 910. The molecule has 7 nitrogen and oxygen atoms in total. The summed E-state index contributed by atoms with van der Waals surface area (Å²) in [6.07, 6.45) is 0.540. The van der Waals surface area contributed by atoms with Crippen LogP contribution in [0.5, 0.6) is 5.75 Å². The molecule has 22 heavy (non-hydrogen) atoms. The highest BCUT2D eigenvalue weighted by molar-refractivity contribution is 5.90. The second-order valence-electron chi connectivity index (χ2n) is 5.05. The zero-order chi connectivity index (χ0) is 15.7. The molecule has 2 N–H and O–H groups in total. The topological polar surface area (TPSA) is 97.2 Å². The van der Waals surface area contributed by atoms with E-state index < -0.39 is 5.97 Å². The lowest BCUT2D eigenvalue weighted by atomic mass is 10.2. The predicted octanol–water partition coefficient (Wildman–Crippen LogP) is 1.66. The summed E-state index contributed by atoms with van der Waals surface area (Å²) in [6, 6.07) is 7.30. The minimum absolute atomic E-state index is 0.0845. The molecule has 0 aliphatic carbocycles. The van der Waals surface area contributed by atoms with Gasteiger partial charge in [-0.25, -0.2) is 9.78 Å². The van der Waals surface area contributed by atoms with Gasteiger partial charge >= 0.3 is 11.7 Å². The number of aliphatic carboxylic acids is 1.